The van der Waals surface area contributed by atoms with Gasteiger partial charge in [0.25, 0.3) is 0 Å². The predicted octanol–water partition coefficient (Wildman–Crippen LogP) is 1.66. The van der Waals surface area contributed by atoms with Crippen LogP contribution in [-0.4, -0.2) is 0 Å². The summed E-state index contributed by atoms with van der Waals surface area (Å²) >= 11 is 0. The molecule has 0 bridgehead atoms. The molecule has 28 valence electrons. The first kappa shape index (κ1) is 27.0. The standard InChI is InChI=1S/C2H6.CH4.2Y/c1-2;;;/h1-2H3;1H4;;. The molecule has 0 saturated heterocycles. The largest absolute Gasteiger partial charge is 0.0776 e. The van der Waals surface area contributed by atoms with E-state index in [2.05, 4.69) is 0 Å². The zero-order valence-corrected chi connectivity index (χ0v) is 8.83. The van der Waals surface area contributed by atoms with Crippen molar-refractivity contribution in [3.8, 4) is 0 Å². The zero-order valence-electron chi connectivity index (χ0n) is 3.15. The monoisotopic (exact) mass is 224 g/mol. The van der Waals surface area contributed by atoms with Crippen molar-refractivity contribution in [3.05, 3.63) is 0 Å². The van der Waals surface area contributed by atoms with Gasteiger partial charge in [-0.25, -0.2) is 0 Å². The fraction of sp³-hybridized carbons (Fsp3) is 1.00. The van der Waals surface area contributed by atoms with Crippen molar-refractivity contribution in [1.29, 1.82) is 0 Å². The van der Waals surface area contributed by atoms with E-state index in [1.807, 2.05) is 13.8 Å². The summed E-state index contributed by atoms with van der Waals surface area (Å²) in [6.45, 7) is 4.00. The Labute approximate surface area is 85.2 Å². The van der Waals surface area contributed by atoms with Crippen LogP contribution in [0.3, 0.4) is 0 Å². The fourth-order valence-corrected chi connectivity index (χ4v) is 0. The fourth-order valence-electron chi connectivity index (χ4n) is 0. The first-order chi connectivity index (χ1) is 1.00. The third kappa shape index (κ3) is 22.5. The molecule has 0 rings (SSSR count). The molecule has 0 saturated carbocycles. The Kier molecular flexibility index (Phi) is 186. The second kappa shape index (κ2) is 34.5. The van der Waals surface area contributed by atoms with E-state index >= 15 is 0 Å². The molecule has 0 aliphatic rings. The van der Waals surface area contributed by atoms with Crippen LogP contribution >= 0.6 is 0 Å². The van der Waals surface area contributed by atoms with Gasteiger partial charge >= 0.3 is 0 Å². The Morgan fingerprint density at radius 3 is 0.800 bits per heavy atom. The van der Waals surface area contributed by atoms with Gasteiger partial charge < -0.3 is 0 Å². The summed E-state index contributed by atoms with van der Waals surface area (Å²) in [5, 5.41) is 0. The van der Waals surface area contributed by atoms with Crippen LogP contribution in [0, 0.1) is 0 Å². The predicted molar refractivity (Wildman–Crippen MR) is 18.1 cm³/mol. The maximum atomic E-state index is 2.00. The van der Waals surface area contributed by atoms with Crippen LogP contribution in [0.1, 0.15) is 21.3 Å². The van der Waals surface area contributed by atoms with E-state index in [0.29, 0.717) is 0 Å². The van der Waals surface area contributed by atoms with Crippen molar-refractivity contribution in [2.45, 2.75) is 21.3 Å². The van der Waals surface area contributed by atoms with Gasteiger partial charge in [0.15, 0.2) is 0 Å². The molecule has 0 spiro atoms. The molecule has 0 atom stereocenters. The Hall–Kier alpha value is 2.21. The summed E-state index contributed by atoms with van der Waals surface area (Å²) in [6.07, 6.45) is 0. The minimum Gasteiger partial charge on any atom is -0.0776 e. The third-order valence-electron chi connectivity index (χ3n) is 0. The number of hydrogen-bond acceptors (Lipinski definition) is 0. The first-order valence-electron chi connectivity index (χ1n) is 1.00. The smallest absolute Gasteiger partial charge is 0 e. The van der Waals surface area contributed by atoms with E-state index in [1.54, 1.807) is 0 Å². The molecule has 0 unspecified atom stereocenters. The van der Waals surface area contributed by atoms with Crippen molar-refractivity contribution < 1.29 is 65.4 Å². The molecule has 0 aliphatic carbocycles. The Morgan fingerprint density at radius 1 is 0.800 bits per heavy atom. The minimum absolute atomic E-state index is 0. The van der Waals surface area contributed by atoms with Crippen molar-refractivity contribution in [2.24, 2.45) is 0 Å². The molecule has 2 heteroatoms. The summed E-state index contributed by atoms with van der Waals surface area (Å²) in [5.41, 5.74) is 0. The molecule has 0 aromatic heterocycles. The zero-order chi connectivity index (χ0) is 2.00. The average molecular weight is 224 g/mol. The Morgan fingerprint density at radius 2 is 0.800 bits per heavy atom. The molecule has 0 aromatic rings. The van der Waals surface area contributed by atoms with E-state index in [-0.39, 0.29) is 72.8 Å². The van der Waals surface area contributed by atoms with Crippen LogP contribution in [0.25, 0.3) is 0 Å². The van der Waals surface area contributed by atoms with E-state index in [0.717, 1.165) is 0 Å². The van der Waals surface area contributed by atoms with Gasteiger partial charge in [0.1, 0.15) is 0 Å². The van der Waals surface area contributed by atoms with E-state index in [9.17, 15) is 0 Å². The molecule has 0 aliphatic heterocycles. The molecule has 0 nitrogen and oxygen atoms in total. The van der Waals surface area contributed by atoms with Crippen LogP contribution in [-0.2, 0) is 65.4 Å². The quantitative estimate of drug-likeness (QED) is 0.586. The van der Waals surface area contributed by atoms with Gasteiger partial charge in [-0.15, -0.1) is 0 Å². The minimum atomic E-state index is 0. The first-order valence-corrected chi connectivity index (χ1v) is 1.00. The van der Waals surface area contributed by atoms with Crippen molar-refractivity contribution in [3.63, 3.8) is 0 Å². The van der Waals surface area contributed by atoms with Crippen LogP contribution in [0.5, 0.6) is 0 Å². The van der Waals surface area contributed by atoms with Crippen molar-refractivity contribution in [1.82, 2.24) is 0 Å². The van der Waals surface area contributed by atoms with Gasteiger partial charge in [-0.2, -0.15) is 0 Å². The molecule has 0 heterocycles. The van der Waals surface area contributed by atoms with Crippen LogP contribution in [0.2, 0.25) is 0 Å². The van der Waals surface area contributed by atoms with Gasteiger partial charge in [-0.05, 0) is 0 Å². The Bertz CT molecular complexity index is 4.85. The van der Waals surface area contributed by atoms with Crippen molar-refractivity contribution >= 4 is 0 Å². The van der Waals surface area contributed by atoms with Gasteiger partial charge in [-0.1, -0.05) is 21.3 Å². The summed E-state index contributed by atoms with van der Waals surface area (Å²) in [5.74, 6) is 0. The molecule has 2 radical (unpaired) electrons. The maximum Gasteiger partial charge on any atom is 0 e. The van der Waals surface area contributed by atoms with E-state index < -0.39 is 0 Å². The normalized spacial score (nSPS) is 1.20. The summed E-state index contributed by atoms with van der Waals surface area (Å²) < 4.78 is 0. The molecular weight excluding hydrogens is 214 g/mol. The molecule has 0 N–H and O–H groups in total. The number of hydrogen-bond donors (Lipinski definition) is 0. The molecule has 5 heavy (non-hydrogen) atoms. The average Bonchev–Trinajstić information content (AvgIpc) is 1.00. The van der Waals surface area contributed by atoms with Crippen LogP contribution in [0.4, 0.5) is 0 Å². The second-order valence-corrected chi connectivity index (χ2v) is 0. The molecule has 0 aromatic carbocycles. The number of rotatable bonds is 0. The molecular formula is C3H10Y2. The van der Waals surface area contributed by atoms with Gasteiger partial charge in [0.05, 0.1) is 0 Å². The molecule has 0 fully saturated rings. The summed E-state index contributed by atoms with van der Waals surface area (Å²) in [6, 6.07) is 0. The maximum absolute atomic E-state index is 2.00. The van der Waals surface area contributed by atoms with Crippen LogP contribution < -0.4 is 0 Å². The summed E-state index contributed by atoms with van der Waals surface area (Å²) in [7, 11) is 0. The third-order valence-corrected chi connectivity index (χ3v) is 0. The molecule has 0 amide bonds. The van der Waals surface area contributed by atoms with E-state index in [1.165, 1.54) is 0 Å². The summed E-state index contributed by atoms with van der Waals surface area (Å²) in [4.78, 5) is 0. The topological polar surface area (TPSA) is 0 Å². The van der Waals surface area contributed by atoms with Gasteiger partial charge in [0.2, 0.25) is 0 Å². The van der Waals surface area contributed by atoms with Crippen molar-refractivity contribution in [2.75, 3.05) is 0 Å². The van der Waals surface area contributed by atoms with Crippen LogP contribution in [0.15, 0.2) is 0 Å². The Balaban J connectivity index is -0.00000000167. The SMILES string of the molecule is C.CC.[Y].[Y]. The van der Waals surface area contributed by atoms with Gasteiger partial charge in [0, 0.05) is 65.4 Å². The second-order valence-electron chi connectivity index (χ2n) is 0. The van der Waals surface area contributed by atoms with E-state index in [4.69, 9.17) is 0 Å². The van der Waals surface area contributed by atoms with Gasteiger partial charge in [-0.3, -0.25) is 0 Å².